The number of benzene rings is 4. The van der Waals surface area contributed by atoms with Crippen molar-refractivity contribution in [2.45, 2.75) is 91.9 Å². The molecule has 0 aliphatic carbocycles. The third kappa shape index (κ3) is 11.6. The Kier molecular flexibility index (Phi) is 13.6. The molecule has 0 aliphatic heterocycles. The Labute approximate surface area is 332 Å². The van der Waals surface area contributed by atoms with Crippen LogP contribution in [0.15, 0.2) is 94.1 Å². The van der Waals surface area contributed by atoms with E-state index in [4.69, 9.17) is 9.15 Å². The van der Waals surface area contributed by atoms with Gasteiger partial charge in [-0.2, -0.15) is 0 Å². The lowest BCUT2D eigenvalue weighted by Crippen LogP contribution is -2.31. The number of nitrogens with one attached hydrogen (secondary N) is 2. The molecule has 56 heavy (non-hydrogen) atoms. The number of urea groups is 1. The molecule has 298 valence electrons. The highest BCUT2D eigenvalue weighted by molar-refractivity contribution is 5.93. The molecule has 9 heteroatoms. The van der Waals surface area contributed by atoms with Gasteiger partial charge in [0.25, 0.3) is 0 Å². The number of ether oxygens (including phenoxy) is 1. The van der Waals surface area contributed by atoms with E-state index in [1.54, 1.807) is 24.3 Å². The number of aromatic hydroxyl groups is 1. The van der Waals surface area contributed by atoms with Gasteiger partial charge in [0, 0.05) is 40.4 Å². The number of aryl methyl sites for hydroxylation is 1. The predicted octanol–water partition coefficient (Wildman–Crippen LogP) is 10.3. The molecule has 4 aromatic carbocycles. The highest BCUT2D eigenvalue weighted by atomic mass is 16.5. The Morgan fingerprint density at radius 2 is 1.38 bits per heavy atom. The van der Waals surface area contributed by atoms with Gasteiger partial charge >= 0.3 is 17.6 Å². The molecule has 3 N–H and O–H groups in total. The number of nitrogens with zero attached hydrogens (tertiary/aromatic N) is 1. The molecule has 0 saturated heterocycles. The van der Waals surface area contributed by atoms with Crippen LogP contribution in [0.5, 0.6) is 11.5 Å². The summed E-state index contributed by atoms with van der Waals surface area (Å²) in [6.07, 6.45) is 0.870. The first-order valence-electron chi connectivity index (χ1n) is 19.1. The monoisotopic (exact) mass is 761 g/mol. The third-order valence-corrected chi connectivity index (χ3v) is 9.25. The van der Waals surface area contributed by atoms with Crippen molar-refractivity contribution in [3.05, 3.63) is 123 Å². The van der Waals surface area contributed by atoms with E-state index in [1.807, 2.05) is 117 Å². The fourth-order valence-corrected chi connectivity index (χ4v) is 6.15. The topological polar surface area (TPSA) is 121 Å². The second-order valence-corrected chi connectivity index (χ2v) is 17.7. The molecule has 5 aromatic rings. The molecule has 1 aromatic heterocycles. The summed E-state index contributed by atoms with van der Waals surface area (Å²) in [4.78, 5) is 39.5. The number of carbonyl (C=O) groups is 2. The van der Waals surface area contributed by atoms with Gasteiger partial charge in [-0.05, 0) is 92.2 Å². The predicted molar refractivity (Wildman–Crippen MR) is 228 cm³/mol. The minimum absolute atomic E-state index is 0.149. The molecule has 0 bridgehead atoms. The molecule has 2 amide bonds. The Balaban J connectivity index is 0.000000249. The molecule has 0 atom stereocenters. The maximum atomic E-state index is 13.1. The lowest BCUT2D eigenvalue weighted by Gasteiger charge is -2.28. The van der Waals surface area contributed by atoms with E-state index in [0.717, 1.165) is 46.2 Å². The Hall–Kier alpha value is -5.41. The Bertz CT molecular complexity index is 2180. The number of fused-ring (bicyclic) bond motifs is 1. The van der Waals surface area contributed by atoms with Crippen molar-refractivity contribution in [2.75, 3.05) is 32.5 Å². The van der Waals surface area contributed by atoms with Crippen molar-refractivity contribution in [2.24, 2.45) is 0 Å². The molecule has 5 rings (SSSR count). The van der Waals surface area contributed by atoms with Crippen LogP contribution in [-0.4, -0.2) is 49.2 Å². The maximum absolute atomic E-state index is 13.1. The summed E-state index contributed by atoms with van der Waals surface area (Å²) in [5.74, 6) is 0.429. The zero-order chi connectivity index (χ0) is 41.6. The second-order valence-electron chi connectivity index (χ2n) is 17.7. The molecule has 0 aliphatic rings. The van der Waals surface area contributed by atoms with Crippen LogP contribution in [0.4, 0.5) is 10.5 Å². The molecule has 0 radical (unpaired) electrons. The number of amides is 2. The van der Waals surface area contributed by atoms with Crippen molar-refractivity contribution in [1.82, 2.24) is 10.2 Å². The highest BCUT2D eigenvalue weighted by Crippen LogP contribution is 2.40. The number of phenolic OH excluding ortho intramolecular Hbond substituents is 1. The fourth-order valence-electron chi connectivity index (χ4n) is 6.15. The van der Waals surface area contributed by atoms with E-state index in [0.29, 0.717) is 34.7 Å². The second kappa shape index (κ2) is 17.6. The molecule has 9 nitrogen and oxygen atoms in total. The summed E-state index contributed by atoms with van der Waals surface area (Å²) in [5, 5.41) is 17.3. The number of hydrogen-bond donors (Lipinski definition) is 3. The summed E-state index contributed by atoms with van der Waals surface area (Å²) < 4.78 is 11.3. The maximum Gasteiger partial charge on any atom is 0.344 e. The van der Waals surface area contributed by atoms with Crippen LogP contribution in [0.2, 0.25) is 0 Å². The smallest absolute Gasteiger partial charge is 0.344 e. The van der Waals surface area contributed by atoms with Gasteiger partial charge in [0.1, 0.15) is 17.1 Å². The molecular weight excluding hydrogens is 703 g/mol. The van der Waals surface area contributed by atoms with Crippen LogP contribution < -0.4 is 21.0 Å². The van der Waals surface area contributed by atoms with Gasteiger partial charge in [0.2, 0.25) is 0 Å². The number of rotatable bonds is 8. The largest absolute Gasteiger partial charge is 0.507 e. The van der Waals surface area contributed by atoms with Crippen LogP contribution in [0.1, 0.15) is 101 Å². The van der Waals surface area contributed by atoms with Crippen molar-refractivity contribution >= 4 is 28.7 Å². The minimum Gasteiger partial charge on any atom is -0.507 e. The number of carbonyl (C=O) groups excluding carboxylic acids is 2. The van der Waals surface area contributed by atoms with Gasteiger partial charge in [0.15, 0.2) is 0 Å². The summed E-state index contributed by atoms with van der Waals surface area (Å²) >= 11 is 0. The van der Waals surface area contributed by atoms with E-state index in [1.165, 1.54) is 0 Å². The lowest BCUT2D eigenvalue weighted by molar-refractivity contribution is 0.0731. The van der Waals surface area contributed by atoms with Gasteiger partial charge in [-0.3, -0.25) is 0 Å². The standard InChI is InChI=1S/C26H36O3.C21H23N3O3/c1-16-11-12-21(18(13-16)24(2,3)4)29-23(28)17-14-19(25(5,6)7)22(27)20(15-17)26(8,9)10;1-24(2)12-6-11-22-21(26)23-17-10-9-16-13-18(15-7-4-3-5-8-15)20(25)27-19(16)14-17/h11-15,27H,1-10H3;3-5,7-10,13-14H,6,11-12H2,1-2H3,(H2,22,23,26). The SMILES string of the molecule is CN(C)CCCNC(=O)Nc1ccc2cc(-c3ccccc3)c(=O)oc2c1.Cc1ccc(OC(=O)c2cc(C(C)(C)C)c(O)c(C(C)(C)C)c2)c(C(C)(C)C)c1. The molecule has 1 heterocycles. The van der Waals surface area contributed by atoms with E-state index < -0.39 is 11.6 Å². The summed E-state index contributed by atoms with van der Waals surface area (Å²) in [5.41, 5.74) is 5.25. The van der Waals surface area contributed by atoms with E-state index in [2.05, 4.69) is 42.4 Å². The van der Waals surface area contributed by atoms with Gasteiger partial charge in [-0.15, -0.1) is 0 Å². The number of phenols is 1. The van der Waals surface area contributed by atoms with E-state index >= 15 is 0 Å². The van der Waals surface area contributed by atoms with Crippen molar-refractivity contribution in [1.29, 1.82) is 0 Å². The number of hydrogen-bond acceptors (Lipinski definition) is 7. The fraction of sp³-hybridized carbons (Fsp3) is 0.383. The Morgan fingerprint density at radius 3 is 1.95 bits per heavy atom. The van der Waals surface area contributed by atoms with Gasteiger partial charge in [0.05, 0.1) is 11.1 Å². The number of esters is 1. The zero-order valence-electron chi connectivity index (χ0n) is 35.1. The van der Waals surface area contributed by atoms with Crippen molar-refractivity contribution in [3.8, 4) is 22.6 Å². The average Bonchev–Trinajstić information content (AvgIpc) is 3.09. The normalized spacial score (nSPS) is 11.9. The molecule has 0 saturated carbocycles. The first kappa shape index (κ1) is 43.3. The van der Waals surface area contributed by atoms with Gasteiger partial charge in [-0.25, -0.2) is 14.4 Å². The van der Waals surface area contributed by atoms with Gasteiger partial charge < -0.3 is 29.8 Å². The van der Waals surface area contributed by atoms with Crippen LogP contribution in [0, 0.1) is 6.92 Å². The van der Waals surface area contributed by atoms with Gasteiger partial charge in [-0.1, -0.05) is 110 Å². The summed E-state index contributed by atoms with van der Waals surface area (Å²) in [7, 11) is 3.98. The molecule has 0 fully saturated rings. The van der Waals surface area contributed by atoms with E-state index in [9.17, 15) is 19.5 Å². The van der Waals surface area contributed by atoms with Crippen LogP contribution >= 0.6 is 0 Å². The average molecular weight is 762 g/mol. The lowest BCUT2D eigenvalue weighted by atomic mass is 9.78. The quantitative estimate of drug-likeness (QED) is 0.0623. The highest BCUT2D eigenvalue weighted by Gasteiger charge is 2.29. The minimum atomic E-state index is -0.407. The summed E-state index contributed by atoms with van der Waals surface area (Å²) in [6, 6.07) is 25.6. The first-order valence-corrected chi connectivity index (χ1v) is 19.1. The van der Waals surface area contributed by atoms with Crippen LogP contribution in [0.25, 0.3) is 22.1 Å². The number of anilines is 1. The van der Waals surface area contributed by atoms with E-state index in [-0.39, 0.29) is 28.0 Å². The van der Waals surface area contributed by atoms with Crippen molar-refractivity contribution < 1.29 is 23.8 Å². The third-order valence-electron chi connectivity index (χ3n) is 9.25. The molecular formula is C47H59N3O6. The Morgan fingerprint density at radius 1 is 0.768 bits per heavy atom. The van der Waals surface area contributed by atoms with Crippen molar-refractivity contribution in [3.63, 3.8) is 0 Å². The molecule has 0 unspecified atom stereocenters. The first-order chi connectivity index (χ1) is 26.0. The molecule has 0 spiro atoms. The summed E-state index contributed by atoms with van der Waals surface area (Å²) in [6.45, 7) is 22.0. The zero-order valence-corrected chi connectivity index (χ0v) is 35.1. The van der Waals surface area contributed by atoms with Crippen LogP contribution in [0.3, 0.4) is 0 Å². The van der Waals surface area contributed by atoms with Crippen LogP contribution in [-0.2, 0) is 16.2 Å².